The number of aromatic hydroxyl groups is 1. The molecule has 8 unspecified atom stereocenters. The van der Waals surface area contributed by atoms with Crippen molar-refractivity contribution in [1.82, 2.24) is 25.8 Å². The molecular formula is C43H75N5O8. The Morgan fingerprint density at radius 3 is 2.07 bits per heavy atom. The first-order chi connectivity index (χ1) is 26.2. The van der Waals surface area contributed by atoms with Gasteiger partial charge in [-0.25, -0.2) is 4.79 Å². The highest BCUT2D eigenvalue weighted by Crippen LogP contribution is 2.30. The predicted octanol–water partition coefficient (Wildman–Crippen LogP) is 4.54. The van der Waals surface area contributed by atoms with Crippen LogP contribution in [0, 0.1) is 23.7 Å². The topological polar surface area (TPSA) is 159 Å². The minimum atomic E-state index is -0.979. The number of esters is 1. The predicted molar refractivity (Wildman–Crippen MR) is 220 cm³/mol. The fraction of sp³-hybridized carbons (Fsp3) is 0.767. The van der Waals surface area contributed by atoms with Crippen molar-refractivity contribution in [3.05, 3.63) is 29.8 Å². The number of carbonyl (C=O) groups is 4. The van der Waals surface area contributed by atoms with Gasteiger partial charge in [0.1, 0.15) is 17.4 Å². The maximum Gasteiger partial charge on any atom is 0.329 e. The van der Waals surface area contributed by atoms with Crippen LogP contribution in [0.2, 0.25) is 0 Å². The van der Waals surface area contributed by atoms with Crippen LogP contribution in [0.1, 0.15) is 100 Å². The summed E-state index contributed by atoms with van der Waals surface area (Å²) in [6.07, 6.45) is 1.55. The zero-order valence-corrected chi connectivity index (χ0v) is 36.8. The second kappa shape index (κ2) is 22.6. The third-order valence-corrected chi connectivity index (χ3v) is 11.2. The lowest BCUT2D eigenvalue weighted by Crippen LogP contribution is -2.57. The molecular weight excluding hydrogens is 714 g/mol. The van der Waals surface area contributed by atoms with Gasteiger partial charge in [-0.15, -0.1) is 0 Å². The molecule has 9 atom stereocenters. The van der Waals surface area contributed by atoms with Gasteiger partial charge in [0.05, 0.1) is 36.6 Å². The molecule has 1 aliphatic heterocycles. The van der Waals surface area contributed by atoms with Crippen molar-refractivity contribution in [2.45, 2.75) is 149 Å². The number of amides is 3. The molecule has 13 heteroatoms. The molecule has 1 aliphatic rings. The van der Waals surface area contributed by atoms with Crippen LogP contribution in [0.25, 0.3) is 0 Å². The number of nitrogens with zero attached hydrogens (tertiary/aromatic N) is 2. The molecule has 0 saturated carbocycles. The molecule has 1 fully saturated rings. The van der Waals surface area contributed by atoms with Crippen LogP contribution >= 0.6 is 0 Å². The largest absolute Gasteiger partial charge is 0.508 e. The van der Waals surface area contributed by atoms with Crippen LogP contribution in [0.3, 0.4) is 0 Å². The van der Waals surface area contributed by atoms with Crippen molar-refractivity contribution in [1.29, 1.82) is 0 Å². The number of likely N-dealkylation sites (tertiary alicyclic amines) is 1. The highest BCUT2D eigenvalue weighted by atomic mass is 16.6. The minimum absolute atomic E-state index is 0.0263. The second-order valence-corrected chi connectivity index (χ2v) is 17.4. The summed E-state index contributed by atoms with van der Waals surface area (Å²) >= 11 is 0. The molecule has 3 amide bonds. The molecule has 1 aromatic carbocycles. The van der Waals surface area contributed by atoms with Gasteiger partial charge < -0.3 is 40.2 Å². The first kappa shape index (κ1) is 48.9. The number of hydrogen-bond donors (Lipinski definition) is 4. The number of nitrogens with one attached hydrogen (secondary N) is 3. The lowest BCUT2D eigenvalue weighted by atomic mass is 9.89. The number of ether oxygens (including phenoxy) is 3. The van der Waals surface area contributed by atoms with E-state index in [1.54, 1.807) is 61.1 Å². The Balaban J connectivity index is 2.27. The zero-order chi connectivity index (χ0) is 42.5. The number of benzene rings is 1. The lowest BCUT2D eigenvalue weighted by molar-refractivity contribution is -0.159. The summed E-state index contributed by atoms with van der Waals surface area (Å²) in [6, 6.07) is 4.61. The van der Waals surface area contributed by atoms with Crippen LogP contribution < -0.4 is 16.0 Å². The first-order valence-electron chi connectivity index (χ1n) is 20.5. The standard InChI is InChI=1S/C43H75N5O8/c1-15-28(6)38(47(12)25-33(26(2)3)46-41(52)37(44-11)27(4)5)35(54-13)24-36(50)48-22-16-17-34(48)39(55-14)29(7)40(51)45-32(42(53)56-43(8,9)10)23-30-18-20-31(49)21-19-30/h18-21,26-29,32-35,37-39,44,49H,15-17,22-25H2,1-14H3,(H,45,51)(H,46,52)/t28?,29?,32?,33?,34-,35?,37?,38?,39?/m0/s1. The molecule has 320 valence electrons. The summed E-state index contributed by atoms with van der Waals surface area (Å²) in [5, 5.41) is 19.1. The Hall–Kier alpha value is -3.26. The molecule has 1 aromatic rings. The number of hydrogen-bond acceptors (Lipinski definition) is 10. The van der Waals surface area contributed by atoms with Crippen molar-refractivity contribution in [2.24, 2.45) is 23.7 Å². The fourth-order valence-corrected chi connectivity index (χ4v) is 7.88. The molecule has 0 radical (unpaired) electrons. The summed E-state index contributed by atoms with van der Waals surface area (Å²) in [5.41, 5.74) is -0.0202. The van der Waals surface area contributed by atoms with E-state index in [2.05, 4.69) is 48.5 Å². The maximum atomic E-state index is 14.3. The molecule has 2 rings (SSSR count). The highest BCUT2D eigenvalue weighted by Gasteiger charge is 2.42. The normalized spacial score (nSPS) is 19.2. The van der Waals surface area contributed by atoms with Gasteiger partial charge in [-0.3, -0.25) is 19.3 Å². The number of carbonyl (C=O) groups excluding carboxylic acids is 4. The first-order valence-corrected chi connectivity index (χ1v) is 20.5. The van der Waals surface area contributed by atoms with Crippen molar-refractivity contribution in [2.75, 3.05) is 41.4 Å². The Bertz CT molecular complexity index is 1380. The number of likely N-dealkylation sites (N-methyl/N-ethyl adjacent to an activating group) is 2. The highest BCUT2D eigenvalue weighted by molar-refractivity contribution is 5.86. The molecule has 1 heterocycles. The Morgan fingerprint density at radius 2 is 1.57 bits per heavy atom. The summed E-state index contributed by atoms with van der Waals surface area (Å²) in [7, 11) is 7.04. The van der Waals surface area contributed by atoms with Gasteiger partial charge in [0.2, 0.25) is 17.7 Å². The van der Waals surface area contributed by atoms with Crippen molar-refractivity contribution < 1.29 is 38.5 Å². The molecule has 1 saturated heterocycles. The summed E-state index contributed by atoms with van der Waals surface area (Å²) in [6.45, 7) is 20.7. The van der Waals surface area contributed by atoms with E-state index in [0.717, 1.165) is 18.4 Å². The van der Waals surface area contributed by atoms with Gasteiger partial charge in [-0.1, -0.05) is 67.0 Å². The quantitative estimate of drug-likeness (QED) is 0.123. The van der Waals surface area contributed by atoms with Crippen molar-refractivity contribution >= 4 is 23.7 Å². The van der Waals surface area contributed by atoms with E-state index in [0.29, 0.717) is 19.5 Å². The summed E-state index contributed by atoms with van der Waals surface area (Å²) in [5.74, 6) is -1.16. The third-order valence-electron chi connectivity index (χ3n) is 11.2. The number of phenols is 1. The van der Waals surface area contributed by atoms with E-state index in [1.165, 1.54) is 12.1 Å². The van der Waals surface area contributed by atoms with Gasteiger partial charge in [0.15, 0.2) is 0 Å². The van der Waals surface area contributed by atoms with E-state index in [-0.39, 0.29) is 78.2 Å². The van der Waals surface area contributed by atoms with Gasteiger partial charge in [-0.05, 0) is 83.2 Å². The smallest absolute Gasteiger partial charge is 0.329 e. The summed E-state index contributed by atoms with van der Waals surface area (Å²) < 4.78 is 17.8. The third kappa shape index (κ3) is 14.3. The molecule has 0 spiro atoms. The monoisotopic (exact) mass is 790 g/mol. The zero-order valence-electron chi connectivity index (χ0n) is 36.8. The van der Waals surface area contributed by atoms with Gasteiger partial charge >= 0.3 is 5.97 Å². The summed E-state index contributed by atoms with van der Waals surface area (Å²) in [4.78, 5) is 58.8. The number of rotatable bonds is 22. The van der Waals surface area contributed by atoms with Crippen LogP contribution in [-0.2, 0) is 39.8 Å². The Morgan fingerprint density at radius 1 is 0.946 bits per heavy atom. The van der Waals surface area contributed by atoms with Gasteiger partial charge in [0.25, 0.3) is 0 Å². The van der Waals surface area contributed by atoms with Crippen LogP contribution in [-0.4, -0.2) is 128 Å². The minimum Gasteiger partial charge on any atom is -0.508 e. The Kier molecular flexibility index (Phi) is 19.7. The van der Waals surface area contributed by atoms with E-state index < -0.39 is 35.7 Å². The molecule has 13 nitrogen and oxygen atoms in total. The van der Waals surface area contributed by atoms with E-state index in [1.807, 2.05) is 25.8 Å². The van der Waals surface area contributed by atoms with Crippen molar-refractivity contribution in [3.63, 3.8) is 0 Å². The van der Waals surface area contributed by atoms with E-state index in [9.17, 15) is 24.3 Å². The lowest BCUT2D eigenvalue weighted by Gasteiger charge is -2.41. The van der Waals surface area contributed by atoms with Gasteiger partial charge in [-0.2, -0.15) is 0 Å². The SMILES string of the molecule is CCC(C)C(C(CC(=O)N1CCC[C@H]1C(OC)C(C)C(=O)NC(Cc1ccc(O)cc1)C(=O)OC(C)(C)C)OC)N(C)CC(NC(=O)C(NC)C(C)C)C(C)C. The molecule has 0 aromatic heterocycles. The number of phenolic OH excluding ortho intramolecular Hbond substituents is 1. The average Bonchev–Trinajstić information content (AvgIpc) is 3.60. The molecule has 0 aliphatic carbocycles. The fourth-order valence-electron chi connectivity index (χ4n) is 7.88. The van der Waals surface area contributed by atoms with Crippen LogP contribution in [0.15, 0.2) is 24.3 Å². The number of methoxy groups -OCH3 is 2. The molecule has 4 N–H and O–H groups in total. The van der Waals surface area contributed by atoms with Crippen LogP contribution in [0.4, 0.5) is 0 Å². The maximum absolute atomic E-state index is 14.3. The average molecular weight is 790 g/mol. The van der Waals surface area contributed by atoms with Crippen LogP contribution in [0.5, 0.6) is 5.75 Å². The van der Waals surface area contributed by atoms with E-state index >= 15 is 0 Å². The second-order valence-electron chi connectivity index (χ2n) is 17.4. The Labute approximate surface area is 337 Å². The van der Waals surface area contributed by atoms with E-state index in [4.69, 9.17) is 14.2 Å². The molecule has 0 bridgehead atoms. The van der Waals surface area contributed by atoms with Gasteiger partial charge in [0, 0.05) is 45.8 Å². The molecule has 56 heavy (non-hydrogen) atoms. The van der Waals surface area contributed by atoms with Crippen molar-refractivity contribution in [3.8, 4) is 5.75 Å².